The molecular weight excluding hydrogens is 509 g/mol. The fourth-order valence-corrected chi connectivity index (χ4v) is 6.58. The number of pyridine rings is 1. The van der Waals surface area contributed by atoms with Crippen molar-refractivity contribution >= 4 is 12.0 Å². The standard InChI is InChI=1S/C29H35F3N4O3/c1-19-3-4-20(2)36(19)24-6-11-28(16-24,10-5-21-7-12-34(13-8-21)27(38)39)26(37)35-14-9-25-22(18-35)15-23(17-33-25)29(30,31)32/h3-4,6,11,15,17,21,24H,5,7-10,12-14,16,18H2,1-2H3,(H,38,39)/t24-,28+/m1/s1. The Balaban J connectivity index is 1.37. The molecule has 2 atom stereocenters. The average Bonchev–Trinajstić information content (AvgIpc) is 3.49. The predicted octanol–water partition coefficient (Wildman–Crippen LogP) is 5.76. The number of allylic oxidation sites excluding steroid dienone is 1. The lowest BCUT2D eigenvalue weighted by Gasteiger charge is -2.38. The van der Waals surface area contributed by atoms with Crippen molar-refractivity contribution in [3.63, 3.8) is 0 Å². The molecule has 7 nitrogen and oxygen atoms in total. The molecule has 0 bridgehead atoms. The highest BCUT2D eigenvalue weighted by atomic mass is 19.4. The van der Waals surface area contributed by atoms with E-state index in [0.717, 1.165) is 42.9 Å². The third-order valence-electron chi connectivity index (χ3n) is 8.83. The Morgan fingerprint density at radius 1 is 1.10 bits per heavy atom. The van der Waals surface area contributed by atoms with Gasteiger partial charge in [0.15, 0.2) is 0 Å². The van der Waals surface area contributed by atoms with E-state index >= 15 is 0 Å². The molecule has 0 spiro atoms. The van der Waals surface area contributed by atoms with E-state index in [2.05, 4.69) is 27.8 Å². The number of aromatic nitrogens is 2. The first kappa shape index (κ1) is 27.3. The summed E-state index contributed by atoms with van der Waals surface area (Å²) in [6, 6.07) is 5.28. The minimum absolute atomic E-state index is 0.0217. The maximum absolute atomic E-state index is 14.2. The monoisotopic (exact) mass is 544 g/mol. The van der Waals surface area contributed by atoms with E-state index in [-0.39, 0.29) is 18.5 Å². The molecule has 210 valence electrons. The number of rotatable bonds is 5. The van der Waals surface area contributed by atoms with Crippen LogP contribution in [0.25, 0.3) is 0 Å². The van der Waals surface area contributed by atoms with Crippen LogP contribution in [0.15, 0.2) is 36.5 Å². The average molecular weight is 545 g/mol. The van der Waals surface area contributed by atoms with Gasteiger partial charge >= 0.3 is 12.3 Å². The summed E-state index contributed by atoms with van der Waals surface area (Å²) in [5.74, 6) is 0.281. The number of nitrogens with zero attached hydrogens (tertiary/aromatic N) is 4. The Labute approximate surface area is 226 Å². The number of carbonyl (C=O) groups excluding carboxylic acids is 1. The van der Waals surface area contributed by atoms with Crippen molar-refractivity contribution in [1.29, 1.82) is 0 Å². The van der Waals surface area contributed by atoms with E-state index in [9.17, 15) is 27.9 Å². The van der Waals surface area contributed by atoms with Crippen molar-refractivity contribution in [2.24, 2.45) is 11.3 Å². The maximum atomic E-state index is 14.2. The Bertz CT molecular complexity index is 1260. The number of hydrogen-bond acceptors (Lipinski definition) is 3. The van der Waals surface area contributed by atoms with Gasteiger partial charge in [0.2, 0.25) is 5.91 Å². The minimum atomic E-state index is -4.49. The van der Waals surface area contributed by atoms with Crippen LogP contribution in [0.1, 0.15) is 66.4 Å². The molecule has 2 aliphatic heterocycles. The highest BCUT2D eigenvalue weighted by molar-refractivity contribution is 5.85. The molecule has 3 aliphatic rings. The number of carboxylic acid groups (broad SMARTS) is 1. The van der Waals surface area contributed by atoms with Gasteiger partial charge in [-0.15, -0.1) is 0 Å². The molecule has 2 aromatic heterocycles. The molecule has 0 aromatic carbocycles. The number of alkyl halides is 3. The van der Waals surface area contributed by atoms with Crippen LogP contribution in [-0.4, -0.2) is 56.1 Å². The van der Waals surface area contributed by atoms with Crippen molar-refractivity contribution in [1.82, 2.24) is 19.4 Å². The van der Waals surface area contributed by atoms with Crippen molar-refractivity contribution < 1.29 is 27.9 Å². The van der Waals surface area contributed by atoms with Gasteiger partial charge in [0.1, 0.15) is 0 Å². The number of carbonyl (C=O) groups is 2. The summed E-state index contributed by atoms with van der Waals surface area (Å²) < 4.78 is 42.3. The minimum Gasteiger partial charge on any atom is -0.465 e. The molecule has 5 rings (SSSR count). The maximum Gasteiger partial charge on any atom is 0.417 e. The lowest BCUT2D eigenvalue weighted by Crippen LogP contribution is -2.45. The van der Waals surface area contributed by atoms with E-state index in [1.807, 2.05) is 19.9 Å². The second-order valence-corrected chi connectivity index (χ2v) is 11.3. The number of amides is 2. The molecule has 10 heteroatoms. The molecule has 2 aromatic rings. The summed E-state index contributed by atoms with van der Waals surface area (Å²) in [6.07, 6.45) is 3.60. The van der Waals surface area contributed by atoms with E-state index in [0.29, 0.717) is 56.1 Å². The number of piperidine rings is 1. The lowest BCUT2D eigenvalue weighted by atomic mass is 9.76. The van der Waals surface area contributed by atoms with Gasteiger partial charge in [0.05, 0.1) is 17.0 Å². The summed E-state index contributed by atoms with van der Waals surface area (Å²) in [6.45, 7) is 5.63. The molecule has 0 radical (unpaired) electrons. The third kappa shape index (κ3) is 5.43. The summed E-state index contributed by atoms with van der Waals surface area (Å²) in [4.78, 5) is 32.8. The second-order valence-electron chi connectivity index (χ2n) is 11.3. The van der Waals surface area contributed by atoms with Crippen molar-refractivity contribution in [3.05, 3.63) is 64.8 Å². The molecule has 2 amide bonds. The van der Waals surface area contributed by atoms with Gasteiger partial charge in [-0.3, -0.25) is 9.78 Å². The second kappa shape index (κ2) is 10.4. The number of hydrogen-bond donors (Lipinski definition) is 1. The zero-order valence-corrected chi connectivity index (χ0v) is 22.4. The van der Waals surface area contributed by atoms with Gasteiger partial charge < -0.3 is 19.5 Å². The van der Waals surface area contributed by atoms with Crippen LogP contribution in [0.4, 0.5) is 18.0 Å². The third-order valence-corrected chi connectivity index (χ3v) is 8.83. The van der Waals surface area contributed by atoms with Crippen LogP contribution < -0.4 is 0 Å². The van der Waals surface area contributed by atoms with Gasteiger partial charge in [-0.1, -0.05) is 12.2 Å². The highest BCUT2D eigenvalue weighted by Crippen LogP contribution is 2.46. The van der Waals surface area contributed by atoms with Crippen molar-refractivity contribution in [3.8, 4) is 0 Å². The largest absolute Gasteiger partial charge is 0.465 e. The van der Waals surface area contributed by atoms with Crippen molar-refractivity contribution in [2.75, 3.05) is 19.6 Å². The fourth-order valence-electron chi connectivity index (χ4n) is 6.58. The molecule has 0 saturated carbocycles. The first-order chi connectivity index (χ1) is 18.5. The zero-order valence-electron chi connectivity index (χ0n) is 22.4. The van der Waals surface area contributed by atoms with Crippen LogP contribution in [-0.2, 0) is 23.9 Å². The van der Waals surface area contributed by atoms with Gasteiger partial charge in [0, 0.05) is 55.9 Å². The smallest absolute Gasteiger partial charge is 0.417 e. The first-order valence-electron chi connectivity index (χ1n) is 13.6. The Hall–Kier alpha value is -3.30. The Kier molecular flexibility index (Phi) is 7.24. The van der Waals surface area contributed by atoms with E-state index < -0.39 is 23.2 Å². The fraction of sp³-hybridized carbons (Fsp3) is 0.552. The van der Waals surface area contributed by atoms with Crippen LogP contribution in [0.3, 0.4) is 0 Å². The summed E-state index contributed by atoms with van der Waals surface area (Å²) in [5.41, 5.74) is 1.75. The molecule has 1 fully saturated rings. The molecule has 1 N–H and O–H groups in total. The zero-order chi connectivity index (χ0) is 27.9. The first-order valence-corrected chi connectivity index (χ1v) is 13.6. The van der Waals surface area contributed by atoms with E-state index in [1.165, 1.54) is 4.90 Å². The Morgan fingerprint density at radius 2 is 1.79 bits per heavy atom. The highest BCUT2D eigenvalue weighted by Gasteiger charge is 2.45. The van der Waals surface area contributed by atoms with Crippen LogP contribution >= 0.6 is 0 Å². The SMILES string of the molecule is Cc1ccc(C)n1[C@@H]1C=C[C@](CCC2CCN(C(=O)O)CC2)(C(=O)N2CCc3ncc(C(F)(F)F)cc3C2)C1. The number of aryl methyl sites for hydroxylation is 2. The molecule has 1 aliphatic carbocycles. The van der Waals surface area contributed by atoms with Crippen LogP contribution in [0.5, 0.6) is 0 Å². The van der Waals surface area contributed by atoms with Crippen LogP contribution in [0, 0.1) is 25.2 Å². The molecule has 0 unspecified atom stereocenters. The molecule has 4 heterocycles. The number of likely N-dealkylation sites (tertiary alicyclic amines) is 1. The lowest BCUT2D eigenvalue weighted by molar-refractivity contribution is -0.141. The molecular formula is C29H35F3N4O3. The summed E-state index contributed by atoms with van der Waals surface area (Å²) in [7, 11) is 0. The quantitative estimate of drug-likeness (QED) is 0.486. The van der Waals surface area contributed by atoms with Gasteiger partial charge in [-0.05, 0) is 75.6 Å². The van der Waals surface area contributed by atoms with Gasteiger partial charge in [0.25, 0.3) is 0 Å². The normalized spacial score (nSPS) is 23.8. The number of halogens is 3. The topological polar surface area (TPSA) is 78.7 Å². The summed E-state index contributed by atoms with van der Waals surface area (Å²) >= 11 is 0. The summed E-state index contributed by atoms with van der Waals surface area (Å²) in [5, 5.41) is 9.28. The van der Waals surface area contributed by atoms with Crippen molar-refractivity contribution in [2.45, 2.75) is 71.1 Å². The Morgan fingerprint density at radius 3 is 2.44 bits per heavy atom. The van der Waals surface area contributed by atoms with Crippen LogP contribution in [0.2, 0.25) is 0 Å². The van der Waals surface area contributed by atoms with E-state index in [1.54, 1.807) is 4.90 Å². The van der Waals surface area contributed by atoms with Gasteiger partial charge in [-0.2, -0.15) is 13.2 Å². The molecule has 39 heavy (non-hydrogen) atoms. The van der Waals surface area contributed by atoms with E-state index in [4.69, 9.17) is 0 Å². The number of fused-ring (bicyclic) bond motifs is 1. The predicted molar refractivity (Wildman–Crippen MR) is 139 cm³/mol. The molecule has 1 saturated heterocycles. The van der Waals surface area contributed by atoms with Gasteiger partial charge in [-0.25, -0.2) is 4.79 Å².